The first-order valence-corrected chi connectivity index (χ1v) is 14.6. The van der Waals surface area contributed by atoms with Gasteiger partial charge in [-0.25, -0.2) is 14.4 Å². The first-order valence-electron chi connectivity index (χ1n) is 12.2. The van der Waals surface area contributed by atoms with Crippen molar-refractivity contribution in [2.75, 3.05) is 9.62 Å². The van der Waals surface area contributed by atoms with Crippen LogP contribution in [0.5, 0.6) is 0 Å². The van der Waals surface area contributed by atoms with Crippen molar-refractivity contribution in [2.45, 2.75) is 46.1 Å². The molecule has 1 atom stereocenters. The Morgan fingerprint density at radius 1 is 1.14 bits per heavy atom. The zero-order valence-electron chi connectivity index (χ0n) is 22.5. The number of hydrogen-bond acceptors (Lipinski definition) is 8. The smallest absolute Gasteiger partial charge is 0.344 e. The molecule has 1 aromatic carbocycles. The molecule has 4 N–H and O–H groups in total. The number of thiophene rings is 1. The van der Waals surface area contributed by atoms with Crippen LogP contribution in [0, 0.1) is 5.92 Å². The largest absolute Gasteiger partial charge is 0.452 e. The van der Waals surface area contributed by atoms with E-state index in [9.17, 15) is 40.8 Å². The number of anilines is 2. The first kappa shape index (κ1) is 32.4. The summed E-state index contributed by atoms with van der Waals surface area (Å²) in [6.45, 7) is 2.62. The molecular weight excluding hydrogens is 601 g/mol. The Labute approximate surface area is 242 Å². The van der Waals surface area contributed by atoms with Crippen molar-refractivity contribution in [3.63, 3.8) is 0 Å². The molecule has 42 heavy (non-hydrogen) atoms. The van der Waals surface area contributed by atoms with Crippen LogP contribution in [0.2, 0.25) is 0 Å². The molecule has 0 aliphatic rings. The van der Waals surface area contributed by atoms with E-state index in [1.807, 2.05) is 5.32 Å². The second-order valence-electron chi connectivity index (χ2n) is 9.42. The minimum absolute atomic E-state index is 0.0637. The number of halogens is 3. The van der Waals surface area contributed by atoms with E-state index in [4.69, 9.17) is 5.14 Å². The molecule has 0 bridgehead atoms. The summed E-state index contributed by atoms with van der Waals surface area (Å²) < 4.78 is 65.8. The quantitative estimate of drug-likeness (QED) is 0.292. The molecule has 3 aromatic rings. The van der Waals surface area contributed by atoms with Gasteiger partial charge in [0.05, 0.1) is 23.7 Å². The number of nitrogens with one attached hydrogen (secondary N) is 2. The van der Waals surface area contributed by atoms with E-state index in [2.05, 4.69) is 10.3 Å². The van der Waals surface area contributed by atoms with Gasteiger partial charge in [-0.3, -0.25) is 23.7 Å². The van der Waals surface area contributed by atoms with Gasteiger partial charge in [0, 0.05) is 12.6 Å². The van der Waals surface area contributed by atoms with Gasteiger partial charge in [0.2, 0.25) is 11.8 Å². The molecule has 0 fully saturated rings. The molecule has 0 aliphatic heterocycles. The van der Waals surface area contributed by atoms with Crippen LogP contribution < -0.4 is 25.6 Å². The van der Waals surface area contributed by atoms with Gasteiger partial charge in [-0.1, -0.05) is 32.0 Å². The molecule has 0 radical (unpaired) electrons. The molecular formula is C25H27F3N6O6S2. The van der Waals surface area contributed by atoms with E-state index in [1.165, 1.54) is 45.0 Å². The van der Waals surface area contributed by atoms with Gasteiger partial charge in [0.15, 0.2) is 5.82 Å². The fourth-order valence-electron chi connectivity index (χ4n) is 3.85. The Morgan fingerprint density at radius 2 is 1.79 bits per heavy atom. The third kappa shape index (κ3) is 8.01. The van der Waals surface area contributed by atoms with Crippen LogP contribution in [0.25, 0.3) is 10.7 Å². The summed E-state index contributed by atoms with van der Waals surface area (Å²) in [4.78, 5) is 54.3. The topological polar surface area (TPSA) is 174 Å². The van der Waals surface area contributed by atoms with Gasteiger partial charge in [0.25, 0.3) is 21.6 Å². The number of hydrogen-bond donors (Lipinski definition) is 3. The third-order valence-corrected chi connectivity index (χ3v) is 7.60. The number of carbonyl (C=O) groups is 3. The molecule has 17 heteroatoms. The predicted octanol–water partition coefficient (Wildman–Crippen LogP) is 2.41. The van der Waals surface area contributed by atoms with Gasteiger partial charge in [-0.05, 0) is 35.1 Å². The zero-order valence-corrected chi connectivity index (χ0v) is 24.1. The second kappa shape index (κ2) is 12.8. The molecule has 1 unspecified atom stereocenters. The van der Waals surface area contributed by atoms with Crippen LogP contribution in [-0.4, -0.2) is 47.8 Å². The van der Waals surface area contributed by atoms with E-state index in [0.29, 0.717) is 20.4 Å². The first-order chi connectivity index (χ1) is 19.5. The predicted molar refractivity (Wildman–Crippen MR) is 150 cm³/mol. The number of ketones is 1. The maximum Gasteiger partial charge on any atom is 0.452 e. The number of Topliss-reactive ketones (excluding diaryl/α,β-unsaturated/α-hetero) is 1. The molecule has 2 heterocycles. The minimum Gasteiger partial charge on any atom is -0.344 e. The Morgan fingerprint density at radius 3 is 2.29 bits per heavy atom. The highest BCUT2D eigenvalue weighted by Crippen LogP contribution is 2.25. The van der Waals surface area contributed by atoms with E-state index in [0.717, 1.165) is 22.1 Å². The minimum atomic E-state index is -5.21. The van der Waals surface area contributed by atoms with E-state index >= 15 is 0 Å². The van der Waals surface area contributed by atoms with Crippen molar-refractivity contribution in [2.24, 2.45) is 11.1 Å². The van der Waals surface area contributed by atoms with Crippen LogP contribution in [0.3, 0.4) is 0 Å². The highest BCUT2D eigenvalue weighted by atomic mass is 32.2. The number of amides is 2. The zero-order chi connectivity index (χ0) is 31.4. The Kier molecular flexibility index (Phi) is 9.90. The maximum atomic E-state index is 13.7. The van der Waals surface area contributed by atoms with Gasteiger partial charge in [-0.15, -0.1) is 11.3 Å². The number of alkyl halides is 3. The highest BCUT2D eigenvalue weighted by molar-refractivity contribution is 7.90. The maximum absolute atomic E-state index is 13.7. The summed E-state index contributed by atoms with van der Waals surface area (Å²) in [6.07, 6.45) is -4.25. The van der Waals surface area contributed by atoms with Gasteiger partial charge >= 0.3 is 6.18 Å². The summed E-state index contributed by atoms with van der Waals surface area (Å²) in [5, 5.41) is 11.7. The lowest BCUT2D eigenvalue weighted by molar-refractivity contribution is -0.174. The van der Waals surface area contributed by atoms with Crippen LogP contribution >= 0.6 is 11.3 Å². The molecule has 226 valence electrons. The average Bonchev–Trinajstić information content (AvgIpc) is 3.41. The second-order valence-corrected chi connectivity index (χ2v) is 11.8. The number of nitrogens with zero attached hydrogens (tertiary/aromatic N) is 3. The average molecular weight is 629 g/mol. The molecule has 3 rings (SSSR count). The van der Waals surface area contributed by atoms with Crippen molar-refractivity contribution in [1.82, 2.24) is 14.9 Å². The number of benzene rings is 1. The lowest BCUT2D eigenvalue weighted by Gasteiger charge is -2.24. The molecule has 2 amide bonds. The van der Waals surface area contributed by atoms with Crippen LogP contribution in [-0.2, 0) is 37.7 Å². The summed E-state index contributed by atoms with van der Waals surface area (Å²) in [5.74, 6) is -4.59. The molecule has 0 saturated heterocycles. The lowest BCUT2D eigenvalue weighted by atomic mass is 9.99. The van der Waals surface area contributed by atoms with Crippen molar-refractivity contribution < 1.29 is 36.0 Å². The van der Waals surface area contributed by atoms with Gasteiger partial charge < -0.3 is 10.6 Å². The van der Waals surface area contributed by atoms with E-state index < -0.39 is 64.4 Å². The standard InChI is InChI=1S/C25H27F3N6O6S2/c1-14(2)21(22(37)25(26,27)28)32-20(36)13-33-23(19-5-4-10-41-19)30-11-18(24(33)38)34(42(29,39)40)12-16-6-8-17(9-7-16)31-15(3)35/h4-11,14,21H,12-13H2,1-3H3,(H,31,35)(H,32,36)(H2,29,39,40). The normalized spacial score (nSPS) is 12.6. The van der Waals surface area contributed by atoms with Crippen LogP contribution in [0.4, 0.5) is 24.5 Å². The lowest BCUT2D eigenvalue weighted by Crippen LogP contribution is -2.51. The highest BCUT2D eigenvalue weighted by Gasteiger charge is 2.45. The van der Waals surface area contributed by atoms with Crippen molar-refractivity contribution in [1.29, 1.82) is 0 Å². The Balaban J connectivity index is 2.04. The van der Waals surface area contributed by atoms with Crippen LogP contribution in [0.1, 0.15) is 26.3 Å². The number of aromatic nitrogens is 2. The van der Waals surface area contributed by atoms with E-state index in [1.54, 1.807) is 17.5 Å². The molecule has 0 saturated carbocycles. The summed E-state index contributed by atoms with van der Waals surface area (Å²) in [7, 11) is -4.59. The van der Waals surface area contributed by atoms with Crippen LogP contribution in [0.15, 0.2) is 52.8 Å². The van der Waals surface area contributed by atoms with Crippen molar-refractivity contribution in [3.05, 3.63) is 63.9 Å². The Bertz CT molecular complexity index is 1620. The SMILES string of the molecule is CC(=O)Nc1ccc(CN(c2cnc(-c3cccs3)n(CC(=O)NC(C(=O)C(F)(F)F)C(C)C)c2=O)S(N)(=O)=O)cc1. The summed E-state index contributed by atoms with van der Waals surface area (Å²) in [5.41, 5.74) is -0.763. The van der Waals surface area contributed by atoms with Crippen molar-refractivity contribution in [3.8, 4) is 10.7 Å². The Hall–Kier alpha value is -4.09. The number of rotatable bonds is 11. The molecule has 0 aliphatic carbocycles. The monoisotopic (exact) mass is 628 g/mol. The van der Waals surface area contributed by atoms with E-state index in [-0.39, 0.29) is 11.7 Å². The summed E-state index contributed by atoms with van der Waals surface area (Å²) >= 11 is 1.14. The number of nitrogens with two attached hydrogens (primary N) is 1. The third-order valence-electron chi connectivity index (χ3n) is 5.79. The van der Waals surface area contributed by atoms with Gasteiger partial charge in [-0.2, -0.15) is 21.6 Å². The molecule has 0 spiro atoms. The molecule has 12 nitrogen and oxygen atoms in total. The fourth-order valence-corrected chi connectivity index (χ4v) is 5.31. The molecule has 2 aromatic heterocycles. The fraction of sp³-hybridized carbons (Fsp3) is 0.320. The summed E-state index contributed by atoms with van der Waals surface area (Å²) in [6, 6.07) is 7.27. The van der Waals surface area contributed by atoms with Crippen molar-refractivity contribution >= 4 is 50.5 Å². The van der Waals surface area contributed by atoms with Gasteiger partial charge in [0.1, 0.15) is 12.2 Å². The number of carbonyl (C=O) groups excluding carboxylic acids is 3.